The minimum Gasteiger partial charge on any atom is -0.481 e. The number of halogens is 1. The Kier molecular flexibility index (Phi) is 5.96. The molecule has 0 spiro atoms. The first-order valence-electron chi connectivity index (χ1n) is 6.64. The Bertz CT molecular complexity index is 422. The number of aryl methyl sites for hydroxylation is 1. The third-order valence-electron chi connectivity index (χ3n) is 3.66. The zero-order chi connectivity index (χ0) is 14.3. The van der Waals surface area contributed by atoms with Gasteiger partial charge in [-0.3, -0.25) is 9.18 Å². The number of alkyl halides is 1. The number of aliphatic carboxylic acids is 1. The van der Waals surface area contributed by atoms with Crippen molar-refractivity contribution in [2.45, 2.75) is 38.0 Å². The van der Waals surface area contributed by atoms with E-state index in [1.54, 1.807) is 0 Å². The fourth-order valence-corrected chi connectivity index (χ4v) is 2.46. The Morgan fingerprint density at radius 2 is 2.00 bits per heavy atom. The number of unbranched alkanes of at least 4 members (excludes halogenated alkanes) is 2. The van der Waals surface area contributed by atoms with Crippen LogP contribution in [0.3, 0.4) is 0 Å². The summed E-state index contributed by atoms with van der Waals surface area (Å²) in [5.41, 5.74) is 6.42. The molecule has 1 rings (SSSR count). The lowest BCUT2D eigenvalue weighted by molar-refractivity contribution is -0.143. The van der Waals surface area contributed by atoms with Gasteiger partial charge in [0.2, 0.25) is 0 Å². The van der Waals surface area contributed by atoms with Crippen LogP contribution in [-0.2, 0) is 10.2 Å². The average Bonchev–Trinajstić information content (AvgIpc) is 2.40. The lowest BCUT2D eigenvalue weighted by atomic mass is 9.74. The molecule has 3 nitrogen and oxygen atoms in total. The summed E-state index contributed by atoms with van der Waals surface area (Å²) < 4.78 is 12.1. The van der Waals surface area contributed by atoms with E-state index in [1.165, 1.54) is 0 Å². The van der Waals surface area contributed by atoms with Gasteiger partial charge in [0, 0.05) is 6.54 Å². The Morgan fingerprint density at radius 1 is 1.32 bits per heavy atom. The molecule has 0 bridgehead atoms. The van der Waals surface area contributed by atoms with E-state index in [0.717, 1.165) is 11.1 Å². The summed E-state index contributed by atoms with van der Waals surface area (Å²) in [5, 5.41) is 9.60. The molecule has 1 atom stereocenters. The van der Waals surface area contributed by atoms with E-state index in [4.69, 9.17) is 5.73 Å². The lowest BCUT2D eigenvalue weighted by Gasteiger charge is -2.30. The average molecular weight is 267 g/mol. The molecular weight excluding hydrogens is 245 g/mol. The third-order valence-corrected chi connectivity index (χ3v) is 3.66. The monoisotopic (exact) mass is 267 g/mol. The van der Waals surface area contributed by atoms with Gasteiger partial charge in [-0.1, -0.05) is 37.1 Å². The largest absolute Gasteiger partial charge is 0.481 e. The van der Waals surface area contributed by atoms with Gasteiger partial charge in [0.1, 0.15) is 5.41 Å². The number of carboxylic acid groups (broad SMARTS) is 1. The summed E-state index contributed by atoms with van der Waals surface area (Å²) in [6.07, 6.45) is 2.29. The summed E-state index contributed by atoms with van der Waals surface area (Å²) in [7, 11) is 0. The summed E-state index contributed by atoms with van der Waals surface area (Å²) in [4.78, 5) is 11.7. The first-order chi connectivity index (χ1) is 9.08. The highest BCUT2D eigenvalue weighted by atomic mass is 19.1. The fraction of sp³-hybridized carbons (Fsp3) is 0.533. The van der Waals surface area contributed by atoms with Crippen LogP contribution in [0.4, 0.5) is 4.39 Å². The van der Waals surface area contributed by atoms with Crippen molar-refractivity contribution in [1.82, 2.24) is 0 Å². The molecule has 0 aromatic heterocycles. The second kappa shape index (κ2) is 7.24. The maximum absolute atomic E-state index is 12.1. The summed E-state index contributed by atoms with van der Waals surface area (Å²) in [6, 6.07) is 7.43. The van der Waals surface area contributed by atoms with Crippen molar-refractivity contribution in [2.75, 3.05) is 13.2 Å². The van der Waals surface area contributed by atoms with E-state index in [2.05, 4.69) is 0 Å². The standard InChI is InChI=1S/C15H22FNO2/c1-12-7-3-4-8-13(12)15(11-17,14(18)19)9-5-2-6-10-16/h3-4,7-8H,2,5-6,9-11,17H2,1H3,(H,18,19). The predicted octanol–water partition coefficient (Wildman–Crippen LogP) is 2.81. The molecule has 1 aromatic carbocycles. The van der Waals surface area contributed by atoms with Gasteiger partial charge in [0.15, 0.2) is 0 Å². The van der Waals surface area contributed by atoms with Crippen LogP contribution in [-0.4, -0.2) is 24.3 Å². The molecule has 0 saturated heterocycles. The van der Waals surface area contributed by atoms with Crippen molar-refractivity contribution in [1.29, 1.82) is 0 Å². The van der Waals surface area contributed by atoms with Crippen molar-refractivity contribution in [2.24, 2.45) is 5.73 Å². The van der Waals surface area contributed by atoms with Crippen molar-refractivity contribution in [3.05, 3.63) is 35.4 Å². The molecule has 0 aliphatic carbocycles. The van der Waals surface area contributed by atoms with Crippen LogP contribution in [0.5, 0.6) is 0 Å². The van der Waals surface area contributed by atoms with Gasteiger partial charge >= 0.3 is 5.97 Å². The second-order valence-corrected chi connectivity index (χ2v) is 4.91. The third kappa shape index (κ3) is 3.53. The minimum atomic E-state index is -1.05. The molecule has 0 aliphatic rings. The molecule has 0 aliphatic heterocycles. The smallest absolute Gasteiger partial charge is 0.315 e. The van der Waals surface area contributed by atoms with Gasteiger partial charge in [0.25, 0.3) is 0 Å². The molecular formula is C15H22FNO2. The number of hydrogen-bond acceptors (Lipinski definition) is 2. The van der Waals surface area contributed by atoms with Crippen LogP contribution in [0.1, 0.15) is 36.8 Å². The highest BCUT2D eigenvalue weighted by Crippen LogP contribution is 2.32. The van der Waals surface area contributed by atoms with E-state index in [9.17, 15) is 14.3 Å². The quantitative estimate of drug-likeness (QED) is 0.712. The summed E-state index contributed by atoms with van der Waals surface area (Å²) in [5.74, 6) is -0.899. The van der Waals surface area contributed by atoms with Crippen LogP contribution in [0.15, 0.2) is 24.3 Å². The van der Waals surface area contributed by atoms with Gasteiger partial charge in [-0.25, -0.2) is 0 Å². The SMILES string of the molecule is Cc1ccccc1C(CN)(CCCCCF)C(=O)O. The molecule has 0 fully saturated rings. The molecule has 0 heterocycles. The van der Waals surface area contributed by atoms with Crippen molar-refractivity contribution in [3.8, 4) is 0 Å². The molecule has 0 radical (unpaired) electrons. The number of nitrogens with two attached hydrogens (primary N) is 1. The van der Waals surface area contributed by atoms with Gasteiger partial charge in [-0.15, -0.1) is 0 Å². The fourth-order valence-electron chi connectivity index (χ4n) is 2.46. The molecule has 1 unspecified atom stereocenters. The number of benzene rings is 1. The van der Waals surface area contributed by atoms with Crippen LogP contribution in [0, 0.1) is 6.92 Å². The van der Waals surface area contributed by atoms with Crippen LogP contribution in [0.2, 0.25) is 0 Å². The minimum absolute atomic E-state index is 0.0583. The van der Waals surface area contributed by atoms with Gasteiger partial charge in [-0.2, -0.15) is 0 Å². The number of hydrogen-bond donors (Lipinski definition) is 2. The van der Waals surface area contributed by atoms with E-state index < -0.39 is 11.4 Å². The van der Waals surface area contributed by atoms with E-state index in [0.29, 0.717) is 25.7 Å². The highest BCUT2D eigenvalue weighted by Gasteiger charge is 2.39. The molecule has 106 valence electrons. The molecule has 19 heavy (non-hydrogen) atoms. The Balaban J connectivity index is 2.99. The van der Waals surface area contributed by atoms with Crippen molar-refractivity contribution >= 4 is 5.97 Å². The maximum atomic E-state index is 12.1. The zero-order valence-electron chi connectivity index (χ0n) is 11.4. The van der Waals surface area contributed by atoms with Crippen molar-refractivity contribution in [3.63, 3.8) is 0 Å². The first kappa shape index (κ1) is 15.6. The van der Waals surface area contributed by atoms with E-state index in [-0.39, 0.29) is 13.2 Å². The summed E-state index contributed by atoms with van der Waals surface area (Å²) >= 11 is 0. The predicted molar refractivity (Wildman–Crippen MR) is 74.0 cm³/mol. The maximum Gasteiger partial charge on any atom is 0.315 e. The highest BCUT2D eigenvalue weighted by molar-refractivity contribution is 5.82. The zero-order valence-corrected chi connectivity index (χ0v) is 11.4. The van der Waals surface area contributed by atoms with E-state index in [1.807, 2.05) is 31.2 Å². The number of rotatable bonds is 8. The van der Waals surface area contributed by atoms with Crippen LogP contribution < -0.4 is 5.73 Å². The molecule has 3 N–H and O–H groups in total. The van der Waals surface area contributed by atoms with E-state index >= 15 is 0 Å². The van der Waals surface area contributed by atoms with Crippen LogP contribution >= 0.6 is 0 Å². The molecule has 4 heteroatoms. The number of carbonyl (C=O) groups is 1. The number of carboxylic acids is 1. The van der Waals surface area contributed by atoms with Gasteiger partial charge < -0.3 is 10.8 Å². The molecule has 0 saturated carbocycles. The normalized spacial score (nSPS) is 14.1. The van der Waals surface area contributed by atoms with Crippen molar-refractivity contribution < 1.29 is 14.3 Å². The second-order valence-electron chi connectivity index (χ2n) is 4.91. The first-order valence-corrected chi connectivity index (χ1v) is 6.64. The lowest BCUT2D eigenvalue weighted by Crippen LogP contribution is -2.43. The Morgan fingerprint density at radius 3 is 2.53 bits per heavy atom. The Hall–Kier alpha value is -1.42. The summed E-state index contributed by atoms with van der Waals surface area (Å²) in [6.45, 7) is 1.60. The topological polar surface area (TPSA) is 63.3 Å². The molecule has 0 amide bonds. The van der Waals surface area contributed by atoms with Gasteiger partial charge in [-0.05, 0) is 30.9 Å². The van der Waals surface area contributed by atoms with Gasteiger partial charge in [0.05, 0.1) is 6.67 Å². The van der Waals surface area contributed by atoms with Crippen LogP contribution in [0.25, 0.3) is 0 Å². The molecule has 1 aromatic rings. The Labute approximate surface area is 113 Å².